The maximum absolute atomic E-state index is 5.68. The number of ether oxygens (including phenoxy) is 1. The highest BCUT2D eigenvalue weighted by molar-refractivity contribution is 9.10. The Hall–Kier alpha value is -1.36. The van der Waals surface area contributed by atoms with Gasteiger partial charge in [-0.1, -0.05) is 12.1 Å². The van der Waals surface area contributed by atoms with Crippen molar-refractivity contribution in [1.29, 1.82) is 0 Å². The Labute approximate surface area is 101 Å². The Balaban J connectivity index is 2.13. The predicted octanol–water partition coefficient (Wildman–Crippen LogP) is 2.82. The van der Waals surface area contributed by atoms with E-state index in [9.17, 15) is 0 Å². The molecule has 4 nitrogen and oxygen atoms in total. The first-order valence-electron chi connectivity index (χ1n) is 5.08. The average molecular weight is 281 g/mol. The summed E-state index contributed by atoms with van der Waals surface area (Å²) in [6.07, 6.45) is 2.10. The highest BCUT2D eigenvalue weighted by Gasteiger charge is 2.18. The minimum Gasteiger partial charge on any atom is -0.492 e. The molecule has 2 aromatic rings. The summed E-state index contributed by atoms with van der Waals surface area (Å²) in [5.41, 5.74) is 2.08. The molecule has 82 valence electrons. The van der Waals surface area contributed by atoms with Crippen molar-refractivity contribution in [2.45, 2.75) is 12.8 Å². The van der Waals surface area contributed by atoms with Crippen LogP contribution in [0.1, 0.15) is 12.0 Å². The van der Waals surface area contributed by atoms with E-state index < -0.39 is 0 Å². The summed E-state index contributed by atoms with van der Waals surface area (Å²) in [6, 6.07) is 5.99. The third kappa shape index (κ3) is 1.61. The molecule has 0 unspecified atom stereocenters. The van der Waals surface area contributed by atoms with Crippen LogP contribution in [-0.2, 0) is 6.42 Å². The van der Waals surface area contributed by atoms with E-state index in [1.165, 1.54) is 5.56 Å². The summed E-state index contributed by atoms with van der Waals surface area (Å²) in [5.74, 6) is 1.37. The molecule has 16 heavy (non-hydrogen) atoms. The maximum Gasteiger partial charge on any atom is 0.285 e. The van der Waals surface area contributed by atoms with E-state index in [0.717, 1.165) is 30.8 Å². The van der Waals surface area contributed by atoms with Crippen molar-refractivity contribution in [3.05, 3.63) is 28.6 Å². The molecule has 0 saturated heterocycles. The van der Waals surface area contributed by atoms with Gasteiger partial charge < -0.3 is 9.15 Å². The van der Waals surface area contributed by atoms with Gasteiger partial charge in [0.05, 0.1) is 12.2 Å². The van der Waals surface area contributed by atoms with E-state index in [1.54, 1.807) is 0 Å². The standard InChI is InChI=1S/C11H9BrN2O2/c12-11-14-13-10(16-11)8-5-1-3-7-4-2-6-15-9(7)8/h1,3,5H,2,4,6H2. The van der Waals surface area contributed by atoms with Gasteiger partial charge in [0.25, 0.3) is 10.7 Å². The van der Waals surface area contributed by atoms with Crippen LogP contribution in [0.4, 0.5) is 0 Å². The van der Waals surface area contributed by atoms with E-state index in [-0.39, 0.29) is 0 Å². The molecule has 5 heteroatoms. The second-order valence-electron chi connectivity index (χ2n) is 3.61. The Kier molecular flexibility index (Phi) is 2.40. The largest absolute Gasteiger partial charge is 0.492 e. The molecule has 1 aliphatic heterocycles. The number of aryl methyl sites for hydroxylation is 1. The Bertz CT molecular complexity index is 524. The molecule has 1 aliphatic rings. The average Bonchev–Trinajstić information content (AvgIpc) is 2.75. The van der Waals surface area contributed by atoms with E-state index in [1.807, 2.05) is 12.1 Å². The van der Waals surface area contributed by atoms with Gasteiger partial charge in [-0.25, -0.2) is 0 Å². The van der Waals surface area contributed by atoms with E-state index in [0.29, 0.717) is 10.7 Å². The van der Waals surface area contributed by atoms with Gasteiger partial charge in [0, 0.05) is 15.9 Å². The third-order valence-electron chi connectivity index (χ3n) is 2.56. The Morgan fingerprint density at radius 3 is 3.00 bits per heavy atom. The van der Waals surface area contributed by atoms with Crippen molar-refractivity contribution >= 4 is 15.9 Å². The van der Waals surface area contributed by atoms with Gasteiger partial charge in [-0.2, -0.15) is 0 Å². The maximum atomic E-state index is 5.68. The van der Waals surface area contributed by atoms with Crippen molar-refractivity contribution in [3.63, 3.8) is 0 Å². The number of nitrogens with zero attached hydrogens (tertiary/aromatic N) is 2. The predicted molar refractivity (Wildman–Crippen MR) is 61.3 cm³/mol. The van der Waals surface area contributed by atoms with Crippen LogP contribution >= 0.6 is 15.9 Å². The van der Waals surface area contributed by atoms with Crippen LogP contribution in [0.25, 0.3) is 11.5 Å². The van der Waals surface area contributed by atoms with Gasteiger partial charge >= 0.3 is 0 Å². The van der Waals surface area contributed by atoms with Crippen LogP contribution in [0.2, 0.25) is 0 Å². The van der Waals surface area contributed by atoms with Crippen LogP contribution < -0.4 is 4.74 Å². The number of halogens is 1. The summed E-state index contributed by atoms with van der Waals surface area (Å²) >= 11 is 3.14. The molecule has 3 rings (SSSR count). The molecular weight excluding hydrogens is 272 g/mol. The lowest BCUT2D eigenvalue weighted by atomic mass is 10.0. The summed E-state index contributed by atoms with van der Waals surface area (Å²) in [4.78, 5) is 0.385. The molecule has 0 saturated carbocycles. The molecule has 0 radical (unpaired) electrons. The lowest BCUT2D eigenvalue weighted by molar-refractivity contribution is 0.289. The second-order valence-corrected chi connectivity index (χ2v) is 4.28. The fraction of sp³-hybridized carbons (Fsp3) is 0.273. The summed E-state index contributed by atoms with van der Waals surface area (Å²) < 4.78 is 11.0. The van der Waals surface area contributed by atoms with Crippen molar-refractivity contribution in [1.82, 2.24) is 10.2 Å². The van der Waals surface area contributed by atoms with Crippen LogP contribution in [-0.4, -0.2) is 16.8 Å². The van der Waals surface area contributed by atoms with E-state index >= 15 is 0 Å². The molecule has 1 aromatic heterocycles. The van der Waals surface area contributed by atoms with Crippen molar-refractivity contribution < 1.29 is 9.15 Å². The SMILES string of the molecule is Brc1nnc(-c2cccc3c2OCCC3)o1. The third-order valence-corrected chi connectivity index (χ3v) is 2.88. The zero-order chi connectivity index (χ0) is 11.0. The lowest BCUT2D eigenvalue weighted by Gasteiger charge is -2.18. The van der Waals surface area contributed by atoms with Crippen LogP contribution in [0.3, 0.4) is 0 Å². The topological polar surface area (TPSA) is 48.2 Å². The van der Waals surface area contributed by atoms with Gasteiger partial charge in [-0.05, 0) is 24.5 Å². The second kappa shape index (κ2) is 3.90. The van der Waals surface area contributed by atoms with Gasteiger partial charge in [-0.3, -0.25) is 0 Å². The van der Waals surface area contributed by atoms with Gasteiger partial charge in [0.2, 0.25) is 0 Å². The normalized spacial score (nSPS) is 14.3. The fourth-order valence-electron chi connectivity index (χ4n) is 1.87. The fourth-order valence-corrected chi connectivity index (χ4v) is 2.10. The minimum absolute atomic E-state index is 0.385. The van der Waals surface area contributed by atoms with E-state index in [2.05, 4.69) is 32.2 Å². The molecule has 0 fully saturated rings. The highest BCUT2D eigenvalue weighted by Crippen LogP contribution is 2.35. The number of fused-ring (bicyclic) bond motifs is 1. The molecule has 0 N–H and O–H groups in total. The number of benzene rings is 1. The Morgan fingerprint density at radius 2 is 2.19 bits per heavy atom. The minimum atomic E-state index is 0.385. The molecule has 2 heterocycles. The lowest BCUT2D eigenvalue weighted by Crippen LogP contribution is -2.09. The first kappa shape index (κ1) is 9.84. The summed E-state index contributed by atoms with van der Waals surface area (Å²) in [7, 11) is 0. The molecule has 0 amide bonds. The zero-order valence-electron chi connectivity index (χ0n) is 8.44. The number of para-hydroxylation sites is 1. The number of aromatic nitrogens is 2. The smallest absolute Gasteiger partial charge is 0.285 e. The summed E-state index contributed by atoms with van der Waals surface area (Å²) in [5, 5.41) is 7.74. The highest BCUT2D eigenvalue weighted by atomic mass is 79.9. The summed E-state index contributed by atoms with van der Waals surface area (Å²) in [6.45, 7) is 0.749. The Morgan fingerprint density at radius 1 is 1.25 bits per heavy atom. The van der Waals surface area contributed by atoms with Gasteiger partial charge in [-0.15, -0.1) is 10.2 Å². The first-order chi connectivity index (χ1) is 7.84. The van der Waals surface area contributed by atoms with Crippen molar-refractivity contribution in [2.75, 3.05) is 6.61 Å². The quantitative estimate of drug-likeness (QED) is 0.806. The monoisotopic (exact) mass is 280 g/mol. The molecule has 0 atom stereocenters. The van der Waals surface area contributed by atoms with E-state index in [4.69, 9.17) is 9.15 Å². The van der Waals surface area contributed by atoms with Crippen LogP contribution in [0, 0.1) is 0 Å². The zero-order valence-corrected chi connectivity index (χ0v) is 10.0. The van der Waals surface area contributed by atoms with Crippen LogP contribution in [0.15, 0.2) is 27.4 Å². The van der Waals surface area contributed by atoms with Gasteiger partial charge in [0.15, 0.2) is 0 Å². The molecular formula is C11H9BrN2O2. The molecule has 1 aromatic carbocycles. The van der Waals surface area contributed by atoms with Crippen LogP contribution in [0.5, 0.6) is 5.75 Å². The molecule has 0 spiro atoms. The molecule has 0 aliphatic carbocycles. The number of rotatable bonds is 1. The van der Waals surface area contributed by atoms with Crippen molar-refractivity contribution in [3.8, 4) is 17.2 Å². The van der Waals surface area contributed by atoms with Crippen molar-refractivity contribution in [2.24, 2.45) is 0 Å². The first-order valence-corrected chi connectivity index (χ1v) is 5.88. The molecule has 0 bridgehead atoms. The van der Waals surface area contributed by atoms with Gasteiger partial charge in [0.1, 0.15) is 5.75 Å². The number of hydrogen-bond acceptors (Lipinski definition) is 4. The number of hydrogen-bond donors (Lipinski definition) is 0.